The number of benzene rings is 2. The summed E-state index contributed by atoms with van der Waals surface area (Å²) in [7, 11) is 0. The Balaban J connectivity index is 1.79. The van der Waals surface area contributed by atoms with E-state index < -0.39 is 12.1 Å². The van der Waals surface area contributed by atoms with Gasteiger partial charge in [-0.05, 0) is 37.6 Å². The zero-order chi connectivity index (χ0) is 18.5. The topological polar surface area (TPSA) is 76.7 Å². The summed E-state index contributed by atoms with van der Waals surface area (Å²) < 4.78 is 10.8. The Morgan fingerprint density at radius 3 is 2.77 bits per heavy atom. The Kier molecular flexibility index (Phi) is 5.41. The van der Waals surface area contributed by atoms with Crippen molar-refractivity contribution in [3.63, 3.8) is 0 Å². The van der Waals surface area contributed by atoms with Crippen molar-refractivity contribution >= 4 is 23.3 Å². The number of fused-ring (bicyclic) bond motifs is 1. The van der Waals surface area contributed by atoms with Gasteiger partial charge in [0.05, 0.1) is 12.3 Å². The van der Waals surface area contributed by atoms with E-state index in [1.807, 2.05) is 36.4 Å². The SMILES string of the molecule is CCOC(=O)[C@H](Cc1ccccc1)Nc1ccc2c(c1)NC(=O)[C@H](C)O2. The minimum atomic E-state index is -0.533. The second-order valence-corrected chi connectivity index (χ2v) is 6.10. The first-order chi connectivity index (χ1) is 12.6. The molecule has 1 heterocycles. The fraction of sp³-hybridized carbons (Fsp3) is 0.300. The molecule has 0 fully saturated rings. The molecule has 0 spiro atoms. The molecule has 1 amide bonds. The van der Waals surface area contributed by atoms with Crippen LogP contribution in [0.1, 0.15) is 19.4 Å². The summed E-state index contributed by atoms with van der Waals surface area (Å²) in [6.07, 6.45) is -0.0249. The first-order valence-corrected chi connectivity index (χ1v) is 8.65. The lowest BCUT2D eigenvalue weighted by Gasteiger charge is -2.25. The van der Waals surface area contributed by atoms with Gasteiger partial charge >= 0.3 is 5.97 Å². The van der Waals surface area contributed by atoms with Crippen LogP contribution in [-0.4, -0.2) is 30.6 Å². The highest BCUT2D eigenvalue weighted by molar-refractivity contribution is 5.98. The van der Waals surface area contributed by atoms with Crippen molar-refractivity contribution in [2.24, 2.45) is 0 Å². The van der Waals surface area contributed by atoms with E-state index >= 15 is 0 Å². The van der Waals surface area contributed by atoms with E-state index in [2.05, 4.69) is 10.6 Å². The first-order valence-electron chi connectivity index (χ1n) is 8.65. The van der Waals surface area contributed by atoms with E-state index in [0.29, 0.717) is 30.2 Å². The van der Waals surface area contributed by atoms with Gasteiger partial charge in [0.15, 0.2) is 6.10 Å². The molecular weight excluding hydrogens is 332 g/mol. The Bertz CT molecular complexity index is 792. The largest absolute Gasteiger partial charge is 0.479 e. The quantitative estimate of drug-likeness (QED) is 0.780. The molecule has 0 radical (unpaired) electrons. The van der Waals surface area contributed by atoms with Gasteiger partial charge in [0.1, 0.15) is 11.8 Å². The third-order valence-corrected chi connectivity index (χ3v) is 4.11. The van der Waals surface area contributed by atoms with Gasteiger partial charge in [-0.2, -0.15) is 0 Å². The van der Waals surface area contributed by atoms with Crippen molar-refractivity contribution in [3.8, 4) is 5.75 Å². The van der Waals surface area contributed by atoms with Gasteiger partial charge in [-0.3, -0.25) is 4.79 Å². The molecule has 2 atom stereocenters. The first kappa shape index (κ1) is 17.8. The highest BCUT2D eigenvalue weighted by Crippen LogP contribution is 2.32. The molecule has 0 aliphatic carbocycles. The minimum Gasteiger partial charge on any atom is -0.479 e. The van der Waals surface area contributed by atoms with E-state index in [0.717, 1.165) is 5.56 Å². The Morgan fingerprint density at radius 1 is 1.27 bits per heavy atom. The van der Waals surface area contributed by atoms with E-state index in [1.54, 1.807) is 26.0 Å². The Morgan fingerprint density at radius 2 is 2.04 bits per heavy atom. The van der Waals surface area contributed by atoms with Crippen molar-refractivity contribution in [1.82, 2.24) is 0 Å². The third-order valence-electron chi connectivity index (χ3n) is 4.11. The normalized spacial score (nSPS) is 16.7. The van der Waals surface area contributed by atoms with Crippen LogP contribution in [0.5, 0.6) is 5.75 Å². The summed E-state index contributed by atoms with van der Waals surface area (Å²) in [5.41, 5.74) is 2.32. The molecule has 6 nitrogen and oxygen atoms in total. The summed E-state index contributed by atoms with van der Waals surface area (Å²) in [5.74, 6) is 0.0993. The van der Waals surface area contributed by atoms with Gasteiger partial charge in [0.25, 0.3) is 5.91 Å². The number of amides is 1. The van der Waals surface area contributed by atoms with E-state index in [9.17, 15) is 9.59 Å². The molecule has 0 saturated heterocycles. The van der Waals surface area contributed by atoms with Gasteiger partial charge in [-0.25, -0.2) is 4.79 Å². The molecule has 2 aromatic rings. The van der Waals surface area contributed by atoms with Crippen LogP contribution >= 0.6 is 0 Å². The van der Waals surface area contributed by atoms with E-state index in [-0.39, 0.29) is 11.9 Å². The maximum absolute atomic E-state index is 12.4. The number of nitrogens with one attached hydrogen (secondary N) is 2. The molecule has 0 unspecified atom stereocenters. The molecule has 6 heteroatoms. The summed E-state index contributed by atoms with van der Waals surface area (Å²) in [5, 5.41) is 6.01. The molecule has 1 aliphatic rings. The number of ether oxygens (including phenoxy) is 2. The zero-order valence-electron chi connectivity index (χ0n) is 14.8. The van der Waals surface area contributed by atoms with E-state index in [1.165, 1.54) is 0 Å². The maximum Gasteiger partial charge on any atom is 0.328 e. The van der Waals surface area contributed by atoms with Gasteiger partial charge in [-0.15, -0.1) is 0 Å². The molecule has 0 aromatic heterocycles. The van der Waals surface area contributed by atoms with Crippen molar-refractivity contribution < 1.29 is 19.1 Å². The maximum atomic E-state index is 12.4. The lowest BCUT2D eigenvalue weighted by Crippen LogP contribution is -2.35. The number of anilines is 2. The third kappa shape index (κ3) is 4.14. The van der Waals surface area contributed by atoms with Crippen LogP contribution in [0.4, 0.5) is 11.4 Å². The predicted octanol–water partition coefficient (Wildman–Crippen LogP) is 2.99. The highest BCUT2D eigenvalue weighted by Gasteiger charge is 2.25. The van der Waals surface area contributed by atoms with Crippen LogP contribution in [0.25, 0.3) is 0 Å². The predicted molar refractivity (Wildman–Crippen MR) is 99.4 cm³/mol. The molecule has 0 saturated carbocycles. The molecule has 2 aromatic carbocycles. The van der Waals surface area contributed by atoms with Crippen molar-refractivity contribution in [2.45, 2.75) is 32.4 Å². The molecule has 0 bridgehead atoms. The van der Waals surface area contributed by atoms with Crippen LogP contribution in [0.15, 0.2) is 48.5 Å². The van der Waals surface area contributed by atoms with Crippen LogP contribution in [0.3, 0.4) is 0 Å². The zero-order valence-corrected chi connectivity index (χ0v) is 14.8. The van der Waals surface area contributed by atoms with Crippen LogP contribution in [0.2, 0.25) is 0 Å². The lowest BCUT2D eigenvalue weighted by molar-refractivity contribution is -0.144. The number of esters is 1. The molecule has 1 aliphatic heterocycles. The number of rotatable bonds is 6. The monoisotopic (exact) mass is 354 g/mol. The van der Waals surface area contributed by atoms with Crippen molar-refractivity contribution in [3.05, 3.63) is 54.1 Å². The average Bonchev–Trinajstić information content (AvgIpc) is 2.63. The average molecular weight is 354 g/mol. The number of carbonyl (C=O) groups excluding carboxylic acids is 2. The van der Waals surface area contributed by atoms with Gasteiger partial charge in [0, 0.05) is 12.1 Å². The number of carbonyl (C=O) groups is 2. The van der Waals surface area contributed by atoms with Crippen molar-refractivity contribution in [2.75, 3.05) is 17.2 Å². The fourth-order valence-electron chi connectivity index (χ4n) is 2.79. The smallest absolute Gasteiger partial charge is 0.328 e. The van der Waals surface area contributed by atoms with Gasteiger partial charge in [-0.1, -0.05) is 30.3 Å². The fourth-order valence-corrected chi connectivity index (χ4v) is 2.79. The second kappa shape index (κ2) is 7.91. The van der Waals surface area contributed by atoms with Gasteiger partial charge < -0.3 is 20.1 Å². The number of hydrogen-bond donors (Lipinski definition) is 2. The highest BCUT2D eigenvalue weighted by atomic mass is 16.5. The molecule has 136 valence electrons. The summed E-state index contributed by atoms with van der Waals surface area (Å²) in [6, 6.07) is 14.6. The Hall–Kier alpha value is -3.02. The van der Waals surface area contributed by atoms with E-state index in [4.69, 9.17) is 9.47 Å². The second-order valence-electron chi connectivity index (χ2n) is 6.10. The van der Waals surface area contributed by atoms with Crippen LogP contribution < -0.4 is 15.4 Å². The summed E-state index contributed by atoms with van der Waals surface area (Å²) in [6.45, 7) is 3.79. The Labute approximate surface area is 152 Å². The molecule has 26 heavy (non-hydrogen) atoms. The minimum absolute atomic E-state index is 0.194. The number of hydrogen-bond acceptors (Lipinski definition) is 5. The summed E-state index contributed by atoms with van der Waals surface area (Å²) in [4.78, 5) is 24.2. The standard InChI is InChI=1S/C20H22N2O4/c1-3-25-20(24)17(11-14-7-5-4-6-8-14)21-15-9-10-18-16(12-15)22-19(23)13(2)26-18/h4-10,12-13,17,21H,3,11H2,1-2H3,(H,22,23)/t13-,17-/m0/s1. The van der Waals surface area contributed by atoms with Crippen molar-refractivity contribution in [1.29, 1.82) is 0 Å². The lowest BCUT2D eigenvalue weighted by atomic mass is 10.1. The molecular formula is C20H22N2O4. The van der Waals surface area contributed by atoms with Gasteiger partial charge in [0.2, 0.25) is 0 Å². The van der Waals surface area contributed by atoms with Crippen LogP contribution in [-0.2, 0) is 20.7 Å². The summed E-state index contributed by atoms with van der Waals surface area (Å²) >= 11 is 0. The van der Waals surface area contributed by atoms with Crippen LogP contribution in [0, 0.1) is 0 Å². The molecule has 3 rings (SSSR count). The molecule has 2 N–H and O–H groups in total.